The molecule has 0 aliphatic rings. The normalized spacial score (nSPS) is 16.4. The molecule has 3 nitrogen and oxygen atoms in total. The van der Waals surface area contributed by atoms with E-state index in [2.05, 4.69) is 0 Å². The van der Waals surface area contributed by atoms with Crippen LogP contribution in [0.2, 0.25) is 0 Å². The summed E-state index contributed by atoms with van der Waals surface area (Å²) >= 11 is 0. The van der Waals surface area contributed by atoms with E-state index in [0.717, 1.165) is 5.56 Å². The fourth-order valence-corrected chi connectivity index (χ4v) is 1.40. The van der Waals surface area contributed by atoms with E-state index >= 15 is 0 Å². The van der Waals surface area contributed by atoms with Gasteiger partial charge in [0.05, 0.1) is 5.60 Å². The monoisotopic (exact) mass is 255 g/mol. The first kappa shape index (κ1) is 14.9. The van der Waals surface area contributed by atoms with Crippen LogP contribution in [0.3, 0.4) is 0 Å². The summed E-state index contributed by atoms with van der Waals surface area (Å²) < 4.78 is 18.7. The molecule has 18 heavy (non-hydrogen) atoms. The molecule has 0 saturated carbocycles. The van der Waals surface area contributed by atoms with Crippen LogP contribution in [0.25, 0.3) is 0 Å². The van der Waals surface area contributed by atoms with Crippen molar-refractivity contribution in [3.05, 3.63) is 29.6 Å². The Hall–Kier alpha value is -1.13. The quantitative estimate of drug-likeness (QED) is 0.850. The molecule has 0 aliphatic heterocycles. The number of benzene rings is 1. The standard InChI is InChI=1S/C14H22FNO2/c1-9(2)14(4,17)8-18-13-7-11(15)5-6-12(13)10(3)16/h5-7,9-10,17H,8,16H2,1-4H3/t10-,14?/m0/s1. The topological polar surface area (TPSA) is 55.5 Å². The SMILES string of the molecule is CC(C)C(C)(O)COc1cc(F)ccc1[C@H](C)N. The van der Waals surface area contributed by atoms with Crippen LogP contribution in [-0.4, -0.2) is 17.3 Å². The maximum atomic E-state index is 13.2. The molecular formula is C14H22FNO2. The van der Waals surface area contributed by atoms with Gasteiger partial charge in [-0.1, -0.05) is 19.9 Å². The summed E-state index contributed by atoms with van der Waals surface area (Å²) in [6.07, 6.45) is 0. The van der Waals surface area contributed by atoms with E-state index in [9.17, 15) is 9.50 Å². The van der Waals surface area contributed by atoms with E-state index in [1.807, 2.05) is 13.8 Å². The van der Waals surface area contributed by atoms with Crippen molar-refractivity contribution < 1.29 is 14.2 Å². The molecule has 1 unspecified atom stereocenters. The van der Waals surface area contributed by atoms with Crippen LogP contribution in [0, 0.1) is 11.7 Å². The molecule has 1 aromatic rings. The molecule has 0 saturated heterocycles. The lowest BCUT2D eigenvalue weighted by Crippen LogP contribution is -2.38. The van der Waals surface area contributed by atoms with E-state index < -0.39 is 5.60 Å². The third-order valence-corrected chi connectivity index (χ3v) is 3.23. The molecule has 0 aliphatic carbocycles. The number of ether oxygens (including phenoxy) is 1. The Bertz CT molecular complexity index is 403. The molecular weight excluding hydrogens is 233 g/mol. The molecule has 4 heteroatoms. The Morgan fingerprint density at radius 1 is 1.39 bits per heavy atom. The summed E-state index contributed by atoms with van der Waals surface area (Å²) in [5, 5.41) is 10.1. The van der Waals surface area contributed by atoms with Crippen LogP contribution >= 0.6 is 0 Å². The van der Waals surface area contributed by atoms with Gasteiger partial charge in [-0.05, 0) is 25.8 Å². The maximum Gasteiger partial charge on any atom is 0.127 e. The number of halogens is 1. The molecule has 0 aromatic heterocycles. The van der Waals surface area contributed by atoms with Gasteiger partial charge in [0.2, 0.25) is 0 Å². The third kappa shape index (κ3) is 3.68. The molecule has 0 fully saturated rings. The van der Waals surface area contributed by atoms with Crippen LogP contribution in [-0.2, 0) is 0 Å². The average molecular weight is 255 g/mol. The Morgan fingerprint density at radius 2 is 2.00 bits per heavy atom. The molecule has 1 rings (SSSR count). The van der Waals surface area contributed by atoms with E-state index in [0.29, 0.717) is 5.75 Å². The lowest BCUT2D eigenvalue weighted by molar-refractivity contribution is -0.0270. The lowest BCUT2D eigenvalue weighted by Gasteiger charge is -2.28. The van der Waals surface area contributed by atoms with E-state index in [1.54, 1.807) is 19.9 Å². The van der Waals surface area contributed by atoms with Gasteiger partial charge in [0.15, 0.2) is 0 Å². The van der Waals surface area contributed by atoms with Gasteiger partial charge in [-0.15, -0.1) is 0 Å². The minimum absolute atomic E-state index is 0.0461. The molecule has 1 aromatic carbocycles. The molecule has 0 radical (unpaired) electrons. The summed E-state index contributed by atoms with van der Waals surface area (Å²) in [5.74, 6) is 0.0642. The summed E-state index contributed by atoms with van der Waals surface area (Å²) in [5.41, 5.74) is 5.57. The first-order chi connectivity index (χ1) is 8.24. The number of hydrogen-bond acceptors (Lipinski definition) is 3. The zero-order chi connectivity index (χ0) is 13.9. The highest BCUT2D eigenvalue weighted by atomic mass is 19.1. The van der Waals surface area contributed by atoms with Crippen molar-refractivity contribution in [3.8, 4) is 5.75 Å². The van der Waals surface area contributed by atoms with Gasteiger partial charge >= 0.3 is 0 Å². The average Bonchev–Trinajstić information content (AvgIpc) is 2.26. The largest absolute Gasteiger partial charge is 0.490 e. The van der Waals surface area contributed by atoms with E-state index in [-0.39, 0.29) is 24.4 Å². The predicted molar refractivity (Wildman–Crippen MR) is 70.0 cm³/mol. The minimum atomic E-state index is -0.957. The molecule has 102 valence electrons. The van der Waals surface area contributed by atoms with Gasteiger partial charge < -0.3 is 15.6 Å². The molecule has 3 N–H and O–H groups in total. The molecule has 0 amide bonds. The molecule has 0 spiro atoms. The van der Waals surface area contributed by atoms with Gasteiger partial charge in [0.1, 0.15) is 18.2 Å². The van der Waals surface area contributed by atoms with Gasteiger partial charge in [0.25, 0.3) is 0 Å². The van der Waals surface area contributed by atoms with Gasteiger partial charge in [-0.3, -0.25) is 0 Å². The summed E-state index contributed by atoms with van der Waals surface area (Å²) in [6, 6.07) is 4.02. The minimum Gasteiger partial charge on any atom is -0.490 e. The Kier molecular flexibility index (Phi) is 4.71. The maximum absolute atomic E-state index is 13.2. The van der Waals surface area contributed by atoms with Gasteiger partial charge in [-0.2, -0.15) is 0 Å². The first-order valence-electron chi connectivity index (χ1n) is 6.14. The fraction of sp³-hybridized carbons (Fsp3) is 0.571. The van der Waals surface area contributed by atoms with Crippen LogP contribution < -0.4 is 10.5 Å². The Morgan fingerprint density at radius 3 is 2.50 bits per heavy atom. The Labute approximate surface area is 108 Å². The second-order valence-corrected chi connectivity index (χ2v) is 5.27. The van der Waals surface area contributed by atoms with Crippen molar-refractivity contribution in [2.75, 3.05) is 6.61 Å². The van der Waals surface area contributed by atoms with Crippen LogP contribution in [0.4, 0.5) is 4.39 Å². The van der Waals surface area contributed by atoms with Crippen molar-refractivity contribution in [3.63, 3.8) is 0 Å². The van der Waals surface area contributed by atoms with Gasteiger partial charge in [0, 0.05) is 17.7 Å². The second kappa shape index (κ2) is 5.67. The molecule has 0 bridgehead atoms. The smallest absolute Gasteiger partial charge is 0.127 e. The van der Waals surface area contributed by atoms with Gasteiger partial charge in [-0.25, -0.2) is 4.39 Å². The van der Waals surface area contributed by atoms with E-state index in [1.165, 1.54) is 12.1 Å². The molecule has 2 atom stereocenters. The van der Waals surface area contributed by atoms with Crippen molar-refractivity contribution in [2.24, 2.45) is 11.7 Å². The molecule has 0 heterocycles. The number of hydrogen-bond donors (Lipinski definition) is 2. The summed E-state index contributed by atoms with van der Waals surface area (Å²) in [4.78, 5) is 0. The van der Waals surface area contributed by atoms with Crippen LogP contribution in [0.1, 0.15) is 39.3 Å². The van der Waals surface area contributed by atoms with Crippen molar-refractivity contribution in [1.82, 2.24) is 0 Å². The predicted octanol–water partition coefficient (Wildman–Crippen LogP) is 2.63. The van der Waals surface area contributed by atoms with Crippen LogP contribution in [0.15, 0.2) is 18.2 Å². The van der Waals surface area contributed by atoms with Crippen LogP contribution in [0.5, 0.6) is 5.75 Å². The zero-order valence-electron chi connectivity index (χ0n) is 11.4. The highest BCUT2D eigenvalue weighted by molar-refractivity contribution is 5.36. The second-order valence-electron chi connectivity index (χ2n) is 5.27. The number of aliphatic hydroxyl groups is 1. The van der Waals surface area contributed by atoms with E-state index in [4.69, 9.17) is 10.5 Å². The number of rotatable bonds is 5. The highest BCUT2D eigenvalue weighted by Gasteiger charge is 2.26. The third-order valence-electron chi connectivity index (χ3n) is 3.23. The van der Waals surface area contributed by atoms with Crippen molar-refractivity contribution >= 4 is 0 Å². The summed E-state index contributed by atoms with van der Waals surface area (Å²) in [6.45, 7) is 7.42. The number of nitrogens with two attached hydrogens (primary N) is 1. The van der Waals surface area contributed by atoms with Crippen molar-refractivity contribution in [2.45, 2.75) is 39.3 Å². The summed E-state index contributed by atoms with van der Waals surface area (Å²) in [7, 11) is 0. The lowest BCUT2D eigenvalue weighted by atomic mass is 9.94. The highest BCUT2D eigenvalue weighted by Crippen LogP contribution is 2.26. The Balaban J connectivity index is 2.87. The fourth-order valence-electron chi connectivity index (χ4n) is 1.40. The zero-order valence-corrected chi connectivity index (χ0v) is 11.4. The van der Waals surface area contributed by atoms with Crippen molar-refractivity contribution in [1.29, 1.82) is 0 Å². The first-order valence-corrected chi connectivity index (χ1v) is 6.14.